The smallest absolute Gasteiger partial charge is 0.328 e. The van der Waals surface area contributed by atoms with Crippen molar-refractivity contribution >= 4 is 12.0 Å². The van der Waals surface area contributed by atoms with Crippen molar-refractivity contribution in [3.63, 3.8) is 0 Å². The fraction of sp³-hybridized carbons (Fsp3) is 0.833. The van der Waals surface area contributed by atoms with Crippen molar-refractivity contribution in [2.45, 2.75) is 57.7 Å². The fourth-order valence-corrected chi connectivity index (χ4v) is 2.18. The Labute approximate surface area is 107 Å². The zero-order valence-electron chi connectivity index (χ0n) is 10.9. The van der Waals surface area contributed by atoms with Crippen LogP contribution in [0.15, 0.2) is 0 Å². The minimum absolute atomic E-state index is 0.107. The number of urea groups is 1. The molecule has 0 radical (unpaired) electrons. The third kappa shape index (κ3) is 3.87. The number of aliphatic hydroxyl groups excluding tert-OH is 1. The Hall–Kier alpha value is -1.30. The molecule has 0 saturated carbocycles. The van der Waals surface area contributed by atoms with E-state index in [2.05, 4.69) is 5.32 Å². The number of hydrogen-bond acceptors (Lipinski definition) is 3. The number of carboxylic acid groups (broad SMARTS) is 1. The summed E-state index contributed by atoms with van der Waals surface area (Å²) < 4.78 is 0. The zero-order chi connectivity index (χ0) is 13.7. The van der Waals surface area contributed by atoms with E-state index in [0.29, 0.717) is 6.54 Å². The topological polar surface area (TPSA) is 89.9 Å². The maximum absolute atomic E-state index is 12.0. The summed E-state index contributed by atoms with van der Waals surface area (Å²) in [4.78, 5) is 24.6. The molecular formula is C12H22N2O4. The maximum Gasteiger partial charge on any atom is 0.328 e. The first kappa shape index (κ1) is 14.8. The average molecular weight is 258 g/mol. The van der Waals surface area contributed by atoms with Crippen molar-refractivity contribution in [1.82, 2.24) is 10.2 Å². The lowest BCUT2D eigenvalue weighted by Crippen LogP contribution is -2.54. The van der Waals surface area contributed by atoms with Crippen molar-refractivity contribution in [3.05, 3.63) is 0 Å². The summed E-state index contributed by atoms with van der Waals surface area (Å²) >= 11 is 0. The van der Waals surface area contributed by atoms with Crippen molar-refractivity contribution < 1.29 is 19.8 Å². The zero-order valence-corrected chi connectivity index (χ0v) is 10.9. The van der Waals surface area contributed by atoms with Gasteiger partial charge in [-0.15, -0.1) is 0 Å². The summed E-state index contributed by atoms with van der Waals surface area (Å²) in [6.07, 6.45) is 2.93. The molecule has 0 aliphatic carbocycles. The van der Waals surface area contributed by atoms with Crippen LogP contribution in [0, 0.1) is 0 Å². The van der Waals surface area contributed by atoms with Gasteiger partial charge in [-0.3, -0.25) is 0 Å². The lowest BCUT2D eigenvalue weighted by atomic mass is 10.1. The number of aliphatic hydroxyl groups is 1. The predicted octanol–water partition coefficient (Wildman–Crippen LogP) is 0.794. The van der Waals surface area contributed by atoms with Gasteiger partial charge in [0.05, 0.1) is 6.10 Å². The largest absolute Gasteiger partial charge is 0.480 e. The first-order valence-corrected chi connectivity index (χ1v) is 6.41. The minimum Gasteiger partial charge on any atom is -0.480 e. The van der Waals surface area contributed by atoms with Gasteiger partial charge in [0.1, 0.15) is 0 Å². The van der Waals surface area contributed by atoms with Gasteiger partial charge < -0.3 is 20.4 Å². The Morgan fingerprint density at radius 1 is 1.33 bits per heavy atom. The van der Waals surface area contributed by atoms with E-state index in [0.717, 1.165) is 25.7 Å². The molecule has 6 nitrogen and oxygen atoms in total. The third-order valence-electron chi connectivity index (χ3n) is 3.34. The number of carbonyl (C=O) groups is 2. The van der Waals surface area contributed by atoms with Gasteiger partial charge in [-0.25, -0.2) is 9.59 Å². The number of amides is 2. The van der Waals surface area contributed by atoms with Crippen molar-refractivity contribution in [1.29, 1.82) is 0 Å². The van der Waals surface area contributed by atoms with Gasteiger partial charge >= 0.3 is 12.0 Å². The minimum atomic E-state index is -1.26. The molecule has 1 fully saturated rings. The molecule has 0 spiro atoms. The van der Waals surface area contributed by atoms with Crippen LogP contribution in [0.2, 0.25) is 0 Å². The summed E-state index contributed by atoms with van der Waals surface area (Å²) in [7, 11) is 0. The van der Waals surface area contributed by atoms with Crippen LogP contribution in [-0.2, 0) is 4.79 Å². The average Bonchev–Trinajstić information content (AvgIpc) is 2.49. The van der Waals surface area contributed by atoms with E-state index in [1.807, 2.05) is 6.92 Å². The van der Waals surface area contributed by atoms with Crippen molar-refractivity contribution in [2.24, 2.45) is 0 Å². The Bertz CT molecular complexity index is 306. The molecule has 3 atom stereocenters. The second-order valence-corrected chi connectivity index (χ2v) is 4.90. The molecule has 2 amide bonds. The highest BCUT2D eigenvalue weighted by atomic mass is 16.4. The molecule has 18 heavy (non-hydrogen) atoms. The number of rotatable bonds is 3. The second-order valence-electron chi connectivity index (χ2n) is 4.90. The molecule has 3 N–H and O–H groups in total. The normalized spacial score (nSPS) is 23.9. The summed E-state index contributed by atoms with van der Waals surface area (Å²) in [5.74, 6) is -1.22. The third-order valence-corrected chi connectivity index (χ3v) is 3.34. The van der Waals surface area contributed by atoms with Gasteiger partial charge in [-0.1, -0.05) is 12.8 Å². The molecule has 104 valence electrons. The molecule has 0 aromatic rings. The monoisotopic (exact) mass is 258 g/mol. The van der Waals surface area contributed by atoms with Crippen LogP contribution in [-0.4, -0.2) is 51.8 Å². The Kier molecular flexibility index (Phi) is 5.40. The van der Waals surface area contributed by atoms with Crippen LogP contribution in [0.5, 0.6) is 0 Å². The summed E-state index contributed by atoms with van der Waals surface area (Å²) in [5.41, 5.74) is 0. The molecule has 1 aliphatic rings. The van der Waals surface area contributed by atoms with E-state index >= 15 is 0 Å². The van der Waals surface area contributed by atoms with Crippen molar-refractivity contribution in [3.8, 4) is 0 Å². The van der Waals surface area contributed by atoms with E-state index in [9.17, 15) is 14.7 Å². The first-order valence-electron chi connectivity index (χ1n) is 6.41. The van der Waals surface area contributed by atoms with Crippen LogP contribution in [0.4, 0.5) is 4.79 Å². The van der Waals surface area contributed by atoms with Gasteiger partial charge in [0.2, 0.25) is 0 Å². The molecule has 1 aliphatic heterocycles. The quantitative estimate of drug-likeness (QED) is 0.698. The van der Waals surface area contributed by atoms with Gasteiger partial charge in [0, 0.05) is 12.6 Å². The van der Waals surface area contributed by atoms with E-state index in [1.54, 1.807) is 4.90 Å². The molecular weight excluding hydrogens is 236 g/mol. The van der Waals surface area contributed by atoms with Gasteiger partial charge in [-0.05, 0) is 26.7 Å². The number of likely N-dealkylation sites (tertiary alicyclic amines) is 1. The summed E-state index contributed by atoms with van der Waals surface area (Å²) in [5, 5.41) is 20.6. The van der Waals surface area contributed by atoms with E-state index in [4.69, 9.17) is 5.11 Å². The lowest BCUT2D eigenvalue weighted by Gasteiger charge is -2.29. The van der Waals surface area contributed by atoms with E-state index < -0.39 is 24.1 Å². The number of carbonyl (C=O) groups excluding carboxylic acids is 1. The van der Waals surface area contributed by atoms with Gasteiger partial charge in [0.15, 0.2) is 6.04 Å². The van der Waals surface area contributed by atoms with Crippen LogP contribution in [0.25, 0.3) is 0 Å². The first-order chi connectivity index (χ1) is 8.43. The lowest BCUT2D eigenvalue weighted by molar-refractivity contribution is -0.141. The fourth-order valence-electron chi connectivity index (χ4n) is 2.18. The molecule has 1 unspecified atom stereocenters. The molecule has 1 saturated heterocycles. The molecule has 0 aromatic carbocycles. The van der Waals surface area contributed by atoms with Crippen LogP contribution >= 0.6 is 0 Å². The Morgan fingerprint density at radius 3 is 2.56 bits per heavy atom. The second kappa shape index (κ2) is 6.58. The highest BCUT2D eigenvalue weighted by molar-refractivity contribution is 5.83. The highest BCUT2D eigenvalue weighted by Crippen LogP contribution is 2.16. The van der Waals surface area contributed by atoms with Crippen molar-refractivity contribution in [2.75, 3.05) is 6.54 Å². The standard InChI is InChI=1S/C12H22N2O4/c1-8-6-4-3-5-7-14(8)12(18)13-10(9(2)15)11(16)17/h8-10,15H,3-7H2,1-2H3,(H,13,18)(H,16,17)/t8?,9-,10+/m1/s1. The number of nitrogens with zero attached hydrogens (tertiary/aromatic N) is 1. The Balaban J connectivity index is 2.64. The van der Waals surface area contributed by atoms with E-state index in [1.165, 1.54) is 6.92 Å². The van der Waals surface area contributed by atoms with Crippen LogP contribution in [0.3, 0.4) is 0 Å². The number of hydrogen-bond donors (Lipinski definition) is 3. The van der Waals surface area contributed by atoms with Crippen LogP contribution < -0.4 is 5.32 Å². The van der Waals surface area contributed by atoms with E-state index in [-0.39, 0.29) is 6.04 Å². The maximum atomic E-state index is 12.0. The molecule has 0 aromatic heterocycles. The summed E-state index contributed by atoms with van der Waals surface area (Å²) in [6.45, 7) is 3.95. The SMILES string of the molecule is CC1CCCCCN1C(=O)N[C@H](C(=O)O)[C@@H](C)O. The Morgan fingerprint density at radius 2 is 2.00 bits per heavy atom. The van der Waals surface area contributed by atoms with Crippen LogP contribution in [0.1, 0.15) is 39.5 Å². The highest BCUT2D eigenvalue weighted by Gasteiger charge is 2.29. The van der Waals surface area contributed by atoms with Gasteiger partial charge in [-0.2, -0.15) is 0 Å². The summed E-state index contributed by atoms with van der Waals surface area (Å²) in [6, 6.07) is -1.55. The number of aliphatic carboxylic acids is 1. The predicted molar refractivity (Wildman–Crippen MR) is 66.3 cm³/mol. The molecule has 6 heteroatoms. The number of nitrogens with one attached hydrogen (secondary N) is 1. The molecule has 1 heterocycles. The molecule has 0 bridgehead atoms. The van der Waals surface area contributed by atoms with Gasteiger partial charge in [0.25, 0.3) is 0 Å². The molecule has 1 rings (SSSR count). The number of carboxylic acids is 1.